The van der Waals surface area contributed by atoms with E-state index in [4.69, 9.17) is 0 Å². The molecule has 0 unspecified atom stereocenters. The first kappa shape index (κ1) is 12.9. The van der Waals surface area contributed by atoms with Gasteiger partial charge in [-0.3, -0.25) is 0 Å². The SMILES string of the molecule is CCC[C@@H](C)c1cn(Cc2ccc3cc[nH]c3c2)nn1. The van der Waals surface area contributed by atoms with Crippen molar-refractivity contribution >= 4 is 10.9 Å². The molecule has 1 aromatic carbocycles. The van der Waals surface area contributed by atoms with Crippen molar-refractivity contribution in [3.63, 3.8) is 0 Å². The molecule has 0 bridgehead atoms. The zero-order chi connectivity index (χ0) is 13.9. The van der Waals surface area contributed by atoms with Crippen molar-refractivity contribution in [3.8, 4) is 0 Å². The smallest absolute Gasteiger partial charge is 0.0855 e. The zero-order valence-corrected chi connectivity index (χ0v) is 12.0. The second-order valence-electron chi connectivity index (χ2n) is 5.43. The van der Waals surface area contributed by atoms with E-state index in [2.05, 4.69) is 59.6 Å². The van der Waals surface area contributed by atoms with E-state index in [9.17, 15) is 0 Å². The summed E-state index contributed by atoms with van der Waals surface area (Å²) in [6, 6.07) is 8.54. The lowest BCUT2D eigenvalue weighted by Crippen LogP contribution is -2.00. The van der Waals surface area contributed by atoms with E-state index in [1.807, 2.05) is 10.9 Å². The summed E-state index contributed by atoms with van der Waals surface area (Å²) in [5.74, 6) is 0.486. The molecule has 0 spiro atoms. The molecule has 20 heavy (non-hydrogen) atoms. The van der Waals surface area contributed by atoms with Gasteiger partial charge in [0.15, 0.2) is 0 Å². The predicted molar refractivity (Wildman–Crippen MR) is 80.7 cm³/mol. The maximum Gasteiger partial charge on any atom is 0.0855 e. The summed E-state index contributed by atoms with van der Waals surface area (Å²) in [5.41, 5.74) is 3.49. The third-order valence-corrected chi connectivity index (χ3v) is 3.75. The molecule has 3 rings (SSSR count). The van der Waals surface area contributed by atoms with Gasteiger partial charge in [0.1, 0.15) is 0 Å². The van der Waals surface area contributed by atoms with Crippen molar-refractivity contribution < 1.29 is 0 Å². The van der Waals surface area contributed by atoms with Crippen LogP contribution < -0.4 is 0 Å². The monoisotopic (exact) mass is 268 g/mol. The van der Waals surface area contributed by atoms with Crippen LogP contribution in [0, 0.1) is 0 Å². The fourth-order valence-electron chi connectivity index (χ4n) is 2.58. The van der Waals surface area contributed by atoms with E-state index < -0.39 is 0 Å². The largest absolute Gasteiger partial charge is 0.361 e. The molecule has 1 atom stereocenters. The maximum atomic E-state index is 4.29. The van der Waals surface area contributed by atoms with Crippen molar-refractivity contribution in [3.05, 3.63) is 47.9 Å². The van der Waals surface area contributed by atoms with Crippen LogP contribution in [0.25, 0.3) is 10.9 Å². The lowest BCUT2D eigenvalue weighted by atomic mass is 10.0. The first-order chi connectivity index (χ1) is 9.76. The van der Waals surface area contributed by atoms with Crippen molar-refractivity contribution in [1.29, 1.82) is 0 Å². The number of H-pyrrole nitrogens is 1. The van der Waals surface area contributed by atoms with Gasteiger partial charge in [-0.1, -0.05) is 37.6 Å². The normalized spacial score (nSPS) is 12.9. The van der Waals surface area contributed by atoms with E-state index in [0.717, 1.165) is 18.7 Å². The first-order valence-electron chi connectivity index (χ1n) is 7.22. The van der Waals surface area contributed by atoms with Crippen molar-refractivity contribution in [2.75, 3.05) is 0 Å². The van der Waals surface area contributed by atoms with Crippen molar-refractivity contribution in [2.45, 2.75) is 39.2 Å². The van der Waals surface area contributed by atoms with Gasteiger partial charge in [-0.05, 0) is 29.5 Å². The molecule has 4 nitrogen and oxygen atoms in total. The maximum absolute atomic E-state index is 4.29. The van der Waals surface area contributed by atoms with Crippen LogP contribution in [0.15, 0.2) is 36.7 Å². The van der Waals surface area contributed by atoms with Gasteiger partial charge in [0.25, 0.3) is 0 Å². The standard InChI is InChI=1S/C16H20N4/c1-3-4-12(2)16-11-20(19-18-16)10-13-5-6-14-7-8-17-15(14)9-13/h5-9,11-12,17H,3-4,10H2,1-2H3/t12-/m1/s1. The Kier molecular flexibility index (Phi) is 3.54. The van der Waals surface area contributed by atoms with Gasteiger partial charge in [0, 0.05) is 23.8 Å². The molecule has 104 valence electrons. The molecule has 0 aliphatic heterocycles. The Bertz CT molecular complexity index is 695. The molecular formula is C16H20N4. The fraction of sp³-hybridized carbons (Fsp3) is 0.375. The van der Waals surface area contributed by atoms with Gasteiger partial charge >= 0.3 is 0 Å². The van der Waals surface area contributed by atoms with Crippen molar-refractivity contribution in [2.24, 2.45) is 0 Å². The van der Waals surface area contributed by atoms with Gasteiger partial charge in [-0.15, -0.1) is 5.10 Å². The fourth-order valence-corrected chi connectivity index (χ4v) is 2.58. The van der Waals surface area contributed by atoms with Gasteiger partial charge in [-0.2, -0.15) is 0 Å². The zero-order valence-electron chi connectivity index (χ0n) is 12.0. The van der Waals surface area contributed by atoms with Gasteiger partial charge in [-0.25, -0.2) is 4.68 Å². The molecule has 0 saturated carbocycles. The molecule has 0 aliphatic rings. The van der Waals surface area contributed by atoms with Crippen molar-refractivity contribution in [1.82, 2.24) is 20.0 Å². The van der Waals surface area contributed by atoms with Crippen LogP contribution in [0.2, 0.25) is 0 Å². The Morgan fingerprint density at radius 2 is 2.20 bits per heavy atom. The number of benzene rings is 1. The number of nitrogens with one attached hydrogen (secondary N) is 1. The Balaban J connectivity index is 1.76. The number of hydrogen-bond donors (Lipinski definition) is 1. The number of nitrogens with zero attached hydrogens (tertiary/aromatic N) is 3. The highest BCUT2D eigenvalue weighted by Gasteiger charge is 2.09. The van der Waals surface area contributed by atoms with Crippen LogP contribution in [0.5, 0.6) is 0 Å². The number of fused-ring (bicyclic) bond motifs is 1. The number of aromatic amines is 1. The number of hydrogen-bond acceptors (Lipinski definition) is 2. The summed E-state index contributed by atoms with van der Waals surface area (Å²) in [5, 5.41) is 9.77. The summed E-state index contributed by atoms with van der Waals surface area (Å²) < 4.78 is 1.92. The first-order valence-corrected chi connectivity index (χ1v) is 7.22. The van der Waals surface area contributed by atoms with E-state index in [1.54, 1.807) is 0 Å². The Morgan fingerprint density at radius 3 is 3.05 bits per heavy atom. The van der Waals surface area contributed by atoms with E-state index in [-0.39, 0.29) is 0 Å². The molecule has 0 aliphatic carbocycles. The second kappa shape index (κ2) is 5.49. The predicted octanol–water partition coefficient (Wildman–Crippen LogP) is 3.71. The summed E-state index contributed by atoms with van der Waals surface area (Å²) in [4.78, 5) is 3.24. The van der Waals surface area contributed by atoms with Crippen LogP contribution >= 0.6 is 0 Å². The van der Waals surface area contributed by atoms with Gasteiger partial charge in [0.2, 0.25) is 0 Å². The molecule has 0 radical (unpaired) electrons. The van der Waals surface area contributed by atoms with E-state index >= 15 is 0 Å². The quantitative estimate of drug-likeness (QED) is 0.766. The number of rotatable bonds is 5. The molecule has 2 aromatic heterocycles. The van der Waals surface area contributed by atoms with Gasteiger partial charge < -0.3 is 4.98 Å². The highest BCUT2D eigenvalue weighted by atomic mass is 15.4. The Morgan fingerprint density at radius 1 is 1.30 bits per heavy atom. The molecule has 1 N–H and O–H groups in total. The molecule has 0 amide bonds. The highest BCUT2D eigenvalue weighted by molar-refractivity contribution is 5.79. The second-order valence-corrected chi connectivity index (χ2v) is 5.43. The minimum atomic E-state index is 0.486. The molecular weight excluding hydrogens is 248 g/mol. The average Bonchev–Trinajstić information content (AvgIpc) is 3.07. The Hall–Kier alpha value is -2.10. The molecule has 4 heteroatoms. The van der Waals surface area contributed by atoms with Crippen LogP contribution in [-0.4, -0.2) is 20.0 Å². The summed E-state index contributed by atoms with van der Waals surface area (Å²) >= 11 is 0. The summed E-state index contributed by atoms with van der Waals surface area (Å²) in [6.07, 6.45) is 6.37. The molecule has 0 fully saturated rings. The minimum Gasteiger partial charge on any atom is -0.361 e. The average molecular weight is 268 g/mol. The summed E-state index contributed by atoms with van der Waals surface area (Å²) in [6.45, 7) is 5.18. The third-order valence-electron chi connectivity index (χ3n) is 3.75. The number of aromatic nitrogens is 4. The molecule has 3 aromatic rings. The van der Waals surface area contributed by atoms with E-state index in [1.165, 1.54) is 22.9 Å². The van der Waals surface area contributed by atoms with Crippen LogP contribution in [0.1, 0.15) is 43.9 Å². The topological polar surface area (TPSA) is 46.5 Å². The summed E-state index contributed by atoms with van der Waals surface area (Å²) in [7, 11) is 0. The van der Waals surface area contributed by atoms with Gasteiger partial charge in [0.05, 0.1) is 12.2 Å². The van der Waals surface area contributed by atoms with Crippen LogP contribution in [0.3, 0.4) is 0 Å². The highest BCUT2D eigenvalue weighted by Crippen LogP contribution is 2.18. The lowest BCUT2D eigenvalue weighted by Gasteiger charge is -2.04. The minimum absolute atomic E-state index is 0.486. The van der Waals surface area contributed by atoms with Crippen LogP contribution in [-0.2, 0) is 6.54 Å². The lowest BCUT2D eigenvalue weighted by molar-refractivity contribution is 0.637. The molecule has 2 heterocycles. The molecule has 0 saturated heterocycles. The van der Waals surface area contributed by atoms with E-state index in [0.29, 0.717) is 5.92 Å². The van der Waals surface area contributed by atoms with Crippen LogP contribution in [0.4, 0.5) is 0 Å². The Labute approximate surface area is 118 Å². The third kappa shape index (κ3) is 2.59.